The Balaban J connectivity index is 2.18. The highest BCUT2D eigenvalue weighted by Crippen LogP contribution is 2.19. The molecule has 0 bridgehead atoms. The van der Waals surface area contributed by atoms with E-state index < -0.39 is 0 Å². The summed E-state index contributed by atoms with van der Waals surface area (Å²) >= 11 is 0. The molecule has 1 aliphatic heterocycles. The number of piperidine rings is 1. The normalized spacial score (nSPS) is 19.2. The highest BCUT2D eigenvalue weighted by molar-refractivity contribution is 5.05. The van der Waals surface area contributed by atoms with Crippen LogP contribution in [0, 0.1) is 13.8 Å². The van der Waals surface area contributed by atoms with Gasteiger partial charge in [-0.1, -0.05) is 5.21 Å². The summed E-state index contributed by atoms with van der Waals surface area (Å²) in [7, 11) is 0. The highest BCUT2D eigenvalue weighted by Gasteiger charge is 2.18. The Morgan fingerprint density at radius 3 is 2.54 bits per heavy atom. The lowest BCUT2D eigenvalue weighted by Crippen LogP contribution is -2.30. The minimum absolute atomic E-state index is 0.558. The van der Waals surface area contributed by atoms with Crippen molar-refractivity contribution in [3.05, 3.63) is 11.4 Å². The smallest absolute Gasteiger partial charge is 0.0825 e. The van der Waals surface area contributed by atoms with Gasteiger partial charge >= 0.3 is 0 Å². The van der Waals surface area contributed by atoms with E-state index in [0.717, 1.165) is 18.8 Å². The zero-order valence-corrected chi connectivity index (χ0v) is 8.25. The molecule has 1 aromatic heterocycles. The third-order valence-electron chi connectivity index (χ3n) is 2.81. The first-order chi connectivity index (χ1) is 6.29. The maximum absolute atomic E-state index is 4.18. The SMILES string of the molecule is Cc1nnn(C2CCNCC2)c1C. The van der Waals surface area contributed by atoms with Gasteiger partial charge in [-0.15, -0.1) is 5.10 Å². The molecule has 2 heterocycles. The van der Waals surface area contributed by atoms with Crippen LogP contribution in [0.3, 0.4) is 0 Å². The Morgan fingerprint density at radius 1 is 1.31 bits per heavy atom. The molecule has 0 atom stereocenters. The van der Waals surface area contributed by atoms with Crippen LogP contribution >= 0.6 is 0 Å². The number of rotatable bonds is 1. The molecule has 0 radical (unpaired) electrons. The molecule has 0 saturated carbocycles. The van der Waals surface area contributed by atoms with Gasteiger partial charge in [-0.3, -0.25) is 0 Å². The molecule has 1 fully saturated rings. The third kappa shape index (κ3) is 1.58. The fourth-order valence-corrected chi connectivity index (χ4v) is 1.82. The minimum Gasteiger partial charge on any atom is -0.317 e. The summed E-state index contributed by atoms with van der Waals surface area (Å²) in [5, 5.41) is 11.6. The summed E-state index contributed by atoms with van der Waals surface area (Å²) in [6.07, 6.45) is 2.34. The molecule has 1 aliphatic rings. The van der Waals surface area contributed by atoms with Gasteiger partial charge in [0.15, 0.2) is 0 Å². The Hall–Kier alpha value is -0.900. The van der Waals surface area contributed by atoms with E-state index in [-0.39, 0.29) is 0 Å². The van der Waals surface area contributed by atoms with Crippen LogP contribution in [0.25, 0.3) is 0 Å². The largest absolute Gasteiger partial charge is 0.317 e. The van der Waals surface area contributed by atoms with Crippen molar-refractivity contribution < 1.29 is 0 Å². The molecule has 4 nitrogen and oxygen atoms in total. The van der Waals surface area contributed by atoms with Crippen LogP contribution in [0.4, 0.5) is 0 Å². The standard InChI is InChI=1S/C9H16N4/c1-7-8(2)13(12-11-7)9-3-5-10-6-4-9/h9-10H,3-6H2,1-2H3. The summed E-state index contributed by atoms with van der Waals surface area (Å²) < 4.78 is 2.08. The Bertz CT molecular complexity index is 286. The molecule has 2 rings (SSSR count). The van der Waals surface area contributed by atoms with Gasteiger partial charge in [0.1, 0.15) is 0 Å². The van der Waals surface area contributed by atoms with Gasteiger partial charge < -0.3 is 5.32 Å². The first-order valence-electron chi connectivity index (χ1n) is 4.88. The quantitative estimate of drug-likeness (QED) is 0.695. The highest BCUT2D eigenvalue weighted by atomic mass is 15.4. The van der Waals surface area contributed by atoms with Crippen molar-refractivity contribution in [1.29, 1.82) is 0 Å². The van der Waals surface area contributed by atoms with Crippen molar-refractivity contribution >= 4 is 0 Å². The number of nitrogens with one attached hydrogen (secondary N) is 1. The van der Waals surface area contributed by atoms with E-state index in [1.165, 1.54) is 18.5 Å². The van der Waals surface area contributed by atoms with E-state index in [9.17, 15) is 0 Å². The fourth-order valence-electron chi connectivity index (χ4n) is 1.82. The second kappa shape index (κ2) is 3.46. The van der Waals surface area contributed by atoms with E-state index in [0.29, 0.717) is 6.04 Å². The number of aromatic nitrogens is 3. The van der Waals surface area contributed by atoms with Crippen LogP contribution in [0.2, 0.25) is 0 Å². The molecule has 13 heavy (non-hydrogen) atoms. The van der Waals surface area contributed by atoms with E-state index in [1.807, 2.05) is 6.92 Å². The summed E-state index contributed by atoms with van der Waals surface area (Å²) in [5.74, 6) is 0. The summed E-state index contributed by atoms with van der Waals surface area (Å²) in [4.78, 5) is 0. The molecule has 72 valence electrons. The van der Waals surface area contributed by atoms with Crippen molar-refractivity contribution in [2.24, 2.45) is 0 Å². The first kappa shape index (κ1) is 8.69. The monoisotopic (exact) mass is 180 g/mol. The zero-order chi connectivity index (χ0) is 9.26. The van der Waals surface area contributed by atoms with E-state index in [1.54, 1.807) is 0 Å². The van der Waals surface area contributed by atoms with Crippen LogP contribution < -0.4 is 5.32 Å². The Labute approximate surface area is 78.3 Å². The second-order valence-corrected chi connectivity index (χ2v) is 3.69. The van der Waals surface area contributed by atoms with Crippen molar-refractivity contribution in [2.45, 2.75) is 32.7 Å². The maximum atomic E-state index is 4.18. The number of hydrogen-bond acceptors (Lipinski definition) is 3. The van der Waals surface area contributed by atoms with Crippen LogP contribution in [-0.4, -0.2) is 28.1 Å². The molecule has 0 spiro atoms. The van der Waals surface area contributed by atoms with Gasteiger partial charge in [0.2, 0.25) is 0 Å². The molecular weight excluding hydrogens is 164 g/mol. The van der Waals surface area contributed by atoms with Crippen molar-refractivity contribution in [2.75, 3.05) is 13.1 Å². The van der Waals surface area contributed by atoms with Gasteiger partial charge in [0, 0.05) is 0 Å². The molecule has 0 amide bonds. The third-order valence-corrected chi connectivity index (χ3v) is 2.81. The zero-order valence-electron chi connectivity index (χ0n) is 8.25. The van der Waals surface area contributed by atoms with Crippen LogP contribution in [-0.2, 0) is 0 Å². The number of hydrogen-bond donors (Lipinski definition) is 1. The molecule has 0 unspecified atom stereocenters. The molecule has 4 heteroatoms. The Kier molecular flexibility index (Phi) is 2.31. The van der Waals surface area contributed by atoms with Gasteiger partial charge in [0.25, 0.3) is 0 Å². The molecular formula is C9H16N4. The molecule has 1 N–H and O–H groups in total. The number of nitrogens with zero attached hydrogens (tertiary/aromatic N) is 3. The molecule has 1 saturated heterocycles. The van der Waals surface area contributed by atoms with Crippen LogP contribution in [0.1, 0.15) is 30.3 Å². The first-order valence-corrected chi connectivity index (χ1v) is 4.88. The number of aryl methyl sites for hydroxylation is 1. The average molecular weight is 180 g/mol. The minimum atomic E-state index is 0.558. The predicted molar refractivity (Wildman–Crippen MR) is 50.6 cm³/mol. The predicted octanol–water partition coefficient (Wildman–Crippen LogP) is 0.819. The second-order valence-electron chi connectivity index (χ2n) is 3.69. The van der Waals surface area contributed by atoms with Crippen LogP contribution in [0.15, 0.2) is 0 Å². The average Bonchev–Trinajstić information content (AvgIpc) is 2.49. The van der Waals surface area contributed by atoms with Gasteiger partial charge in [0.05, 0.1) is 17.4 Å². The van der Waals surface area contributed by atoms with Gasteiger partial charge in [-0.2, -0.15) is 0 Å². The van der Waals surface area contributed by atoms with Crippen molar-refractivity contribution in [1.82, 2.24) is 20.3 Å². The van der Waals surface area contributed by atoms with Gasteiger partial charge in [-0.05, 0) is 39.8 Å². The van der Waals surface area contributed by atoms with Gasteiger partial charge in [-0.25, -0.2) is 4.68 Å². The molecule has 0 aliphatic carbocycles. The molecule has 0 aromatic carbocycles. The van der Waals surface area contributed by atoms with E-state index in [4.69, 9.17) is 0 Å². The van der Waals surface area contributed by atoms with Crippen molar-refractivity contribution in [3.63, 3.8) is 0 Å². The fraction of sp³-hybridized carbons (Fsp3) is 0.778. The molecule has 1 aromatic rings. The van der Waals surface area contributed by atoms with Crippen LogP contribution in [0.5, 0.6) is 0 Å². The summed E-state index contributed by atoms with van der Waals surface area (Å²) in [6, 6.07) is 0.558. The topological polar surface area (TPSA) is 42.7 Å². The van der Waals surface area contributed by atoms with E-state index >= 15 is 0 Å². The Morgan fingerprint density at radius 2 is 2.00 bits per heavy atom. The van der Waals surface area contributed by atoms with Crippen molar-refractivity contribution in [3.8, 4) is 0 Å². The lowest BCUT2D eigenvalue weighted by Gasteiger charge is -2.23. The summed E-state index contributed by atoms with van der Waals surface area (Å²) in [5.41, 5.74) is 2.27. The lowest BCUT2D eigenvalue weighted by atomic mass is 10.1. The lowest BCUT2D eigenvalue weighted by molar-refractivity contribution is 0.333. The summed E-state index contributed by atoms with van der Waals surface area (Å²) in [6.45, 7) is 6.31. The maximum Gasteiger partial charge on any atom is 0.0825 e. The van der Waals surface area contributed by atoms with E-state index in [2.05, 4.69) is 27.2 Å².